The minimum atomic E-state index is 1.23. The van der Waals surface area contributed by atoms with Gasteiger partial charge in [0.1, 0.15) is 0 Å². The molecule has 0 saturated heterocycles. The van der Waals surface area contributed by atoms with E-state index in [4.69, 9.17) is 0 Å². The molecule has 18 heavy (non-hydrogen) atoms. The van der Waals surface area contributed by atoms with Crippen molar-refractivity contribution in [1.29, 1.82) is 0 Å². The Morgan fingerprint density at radius 2 is 1.33 bits per heavy atom. The quantitative estimate of drug-likeness (QED) is 0.641. The molecule has 2 rings (SSSR count). The van der Waals surface area contributed by atoms with Crippen LogP contribution in [0.3, 0.4) is 0 Å². The van der Waals surface area contributed by atoms with Gasteiger partial charge in [-0.3, -0.25) is 0 Å². The van der Waals surface area contributed by atoms with Crippen molar-refractivity contribution in [3.63, 3.8) is 0 Å². The molecule has 0 nitrogen and oxygen atoms in total. The molecule has 0 unspecified atom stereocenters. The second-order valence-electron chi connectivity index (χ2n) is 4.42. The number of benzene rings is 2. The highest BCUT2D eigenvalue weighted by Crippen LogP contribution is 2.19. The number of rotatable bonds is 3. The van der Waals surface area contributed by atoms with E-state index in [0.29, 0.717) is 0 Å². The zero-order chi connectivity index (χ0) is 12.8. The Hall–Kier alpha value is -2.08. The van der Waals surface area contributed by atoms with E-state index in [1.165, 1.54) is 22.3 Å². The van der Waals surface area contributed by atoms with Crippen LogP contribution in [0.1, 0.15) is 25.0 Å². The number of hydrogen-bond acceptors (Lipinski definition) is 0. The van der Waals surface area contributed by atoms with E-state index in [2.05, 4.69) is 74.5 Å². The first-order chi connectivity index (χ1) is 8.77. The highest BCUT2D eigenvalue weighted by molar-refractivity contribution is 5.70. The average molecular weight is 234 g/mol. The van der Waals surface area contributed by atoms with Gasteiger partial charge in [0.05, 0.1) is 0 Å². The Bertz CT molecular complexity index is 545. The van der Waals surface area contributed by atoms with Crippen LogP contribution in [0.4, 0.5) is 0 Å². The Morgan fingerprint density at radius 1 is 0.778 bits per heavy atom. The predicted molar refractivity (Wildman–Crippen MR) is 80.2 cm³/mol. The van der Waals surface area contributed by atoms with Crippen LogP contribution in [0.25, 0.3) is 11.6 Å². The molecule has 0 fully saturated rings. The van der Waals surface area contributed by atoms with Gasteiger partial charge in [0.25, 0.3) is 0 Å². The summed E-state index contributed by atoms with van der Waals surface area (Å²) < 4.78 is 0. The van der Waals surface area contributed by atoms with Gasteiger partial charge < -0.3 is 0 Å². The summed E-state index contributed by atoms with van der Waals surface area (Å²) in [6, 6.07) is 20.9. The van der Waals surface area contributed by atoms with E-state index < -0.39 is 0 Å². The fraction of sp³-hybridized carbons (Fsp3) is 0.111. The molecule has 0 amide bonds. The lowest BCUT2D eigenvalue weighted by atomic mass is 10.0. The second kappa shape index (κ2) is 6.02. The van der Waals surface area contributed by atoms with Gasteiger partial charge in [-0.25, -0.2) is 0 Å². The molecule has 0 radical (unpaired) electrons. The minimum absolute atomic E-state index is 1.23. The summed E-state index contributed by atoms with van der Waals surface area (Å²) in [4.78, 5) is 0. The molecule has 0 heterocycles. The van der Waals surface area contributed by atoms with Crippen molar-refractivity contribution in [2.75, 3.05) is 0 Å². The molecule has 0 atom stereocenters. The Morgan fingerprint density at radius 3 is 1.94 bits per heavy atom. The van der Waals surface area contributed by atoms with Gasteiger partial charge in [-0.2, -0.15) is 0 Å². The van der Waals surface area contributed by atoms with Crippen LogP contribution >= 0.6 is 0 Å². The van der Waals surface area contributed by atoms with E-state index in [-0.39, 0.29) is 0 Å². The predicted octanol–water partition coefficient (Wildman–Crippen LogP) is 5.19. The molecule has 2 aromatic carbocycles. The van der Waals surface area contributed by atoms with Crippen LogP contribution in [0.5, 0.6) is 0 Å². The minimum Gasteiger partial charge on any atom is -0.0622 e. The molecular weight excluding hydrogens is 216 g/mol. The van der Waals surface area contributed by atoms with Gasteiger partial charge in [-0.15, -0.1) is 0 Å². The van der Waals surface area contributed by atoms with E-state index in [1.807, 2.05) is 12.1 Å². The highest BCUT2D eigenvalue weighted by Gasteiger charge is 1.96. The molecule has 90 valence electrons. The maximum atomic E-state index is 2.18. The third-order valence-corrected chi connectivity index (χ3v) is 3.12. The van der Waals surface area contributed by atoms with Crippen molar-refractivity contribution in [2.45, 2.75) is 13.8 Å². The van der Waals surface area contributed by atoms with Gasteiger partial charge in [-0.1, -0.05) is 72.8 Å². The third kappa shape index (κ3) is 3.21. The first-order valence-electron chi connectivity index (χ1n) is 6.23. The van der Waals surface area contributed by atoms with Crippen molar-refractivity contribution in [1.82, 2.24) is 0 Å². The van der Waals surface area contributed by atoms with Gasteiger partial charge >= 0.3 is 0 Å². The van der Waals surface area contributed by atoms with Crippen molar-refractivity contribution in [3.8, 4) is 0 Å². The zero-order valence-electron chi connectivity index (χ0n) is 10.9. The molecule has 0 aliphatic heterocycles. The van der Waals surface area contributed by atoms with E-state index >= 15 is 0 Å². The summed E-state index contributed by atoms with van der Waals surface area (Å²) in [5, 5.41) is 0. The van der Waals surface area contributed by atoms with E-state index in [0.717, 1.165) is 0 Å². The van der Waals surface area contributed by atoms with Crippen molar-refractivity contribution < 1.29 is 0 Å². The average Bonchev–Trinajstić information content (AvgIpc) is 2.46. The normalized spacial score (nSPS) is 12.6. The molecule has 0 aromatic heterocycles. The van der Waals surface area contributed by atoms with E-state index in [9.17, 15) is 0 Å². The van der Waals surface area contributed by atoms with Crippen molar-refractivity contribution in [3.05, 3.63) is 83.4 Å². The van der Waals surface area contributed by atoms with Gasteiger partial charge in [-0.05, 0) is 36.1 Å². The Labute approximate surface area is 109 Å². The van der Waals surface area contributed by atoms with Gasteiger partial charge in [0.2, 0.25) is 0 Å². The molecule has 0 heteroatoms. The molecule has 0 spiro atoms. The standard InChI is InChI=1S/C18H18/c1-15(13-14-17-9-5-3-6-10-17)16(2)18-11-7-4-8-12-18/h3-14H,1-2H3. The maximum Gasteiger partial charge on any atom is -0.0225 e. The lowest BCUT2D eigenvalue weighted by molar-refractivity contribution is 1.46. The molecule has 0 aliphatic carbocycles. The fourth-order valence-electron chi connectivity index (χ4n) is 1.83. The molecule has 0 aliphatic rings. The molecule has 0 bridgehead atoms. The second-order valence-corrected chi connectivity index (χ2v) is 4.42. The van der Waals surface area contributed by atoms with Crippen LogP contribution in [0.2, 0.25) is 0 Å². The summed E-state index contributed by atoms with van der Waals surface area (Å²) >= 11 is 0. The smallest absolute Gasteiger partial charge is 0.0225 e. The van der Waals surface area contributed by atoms with Crippen LogP contribution in [0.15, 0.2) is 72.3 Å². The summed E-state index contributed by atoms with van der Waals surface area (Å²) in [6.07, 6.45) is 4.33. The van der Waals surface area contributed by atoms with Gasteiger partial charge in [0.15, 0.2) is 0 Å². The largest absolute Gasteiger partial charge is 0.0622 e. The SMILES string of the molecule is CC(C=Cc1ccccc1)=C(C)c1ccccc1. The first-order valence-corrected chi connectivity index (χ1v) is 6.23. The lowest BCUT2D eigenvalue weighted by Gasteiger charge is -2.04. The Kier molecular flexibility index (Phi) is 4.14. The molecular formula is C18H18. The van der Waals surface area contributed by atoms with Crippen LogP contribution in [-0.4, -0.2) is 0 Å². The summed E-state index contributed by atoms with van der Waals surface area (Å²) in [6.45, 7) is 4.32. The fourth-order valence-corrected chi connectivity index (χ4v) is 1.83. The summed E-state index contributed by atoms with van der Waals surface area (Å²) in [5.74, 6) is 0. The zero-order valence-corrected chi connectivity index (χ0v) is 10.9. The Balaban J connectivity index is 2.21. The number of hydrogen-bond donors (Lipinski definition) is 0. The van der Waals surface area contributed by atoms with Crippen molar-refractivity contribution in [2.24, 2.45) is 0 Å². The topological polar surface area (TPSA) is 0 Å². The first kappa shape index (κ1) is 12.4. The third-order valence-electron chi connectivity index (χ3n) is 3.12. The molecule has 2 aromatic rings. The lowest BCUT2D eigenvalue weighted by Crippen LogP contribution is -1.82. The summed E-state index contributed by atoms with van der Waals surface area (Å²) in [7, 11) is 0. The van der Waals surface area contributed by atoms with Crippen LogP contribution in [-0.2, 0) is 0 Å². The number of allylic oxidation sites excluding steroid dienone is 3. The monoisotopic (exact) mass is 234 g/mol. The highest BCUT2D eigenvalue weighted by atomic mass is 14.0. The van der Waals surface area contributed by atoms with Crippen molar-refractivity contribution >= 4 is 11.6 Å². The van der Waals surface area contributed by atoms with Gasteiger partial charge in [0, 0.05) is 0 Å². The van der Waals surface area contributed by atoms with Crippen LogP contribution in [0, 0.1) is 0 Å². The maximum absolute atomic E-state index is 2.18. The molecule has 0 N–H and O–H groups in total. The molecule has 0 saturated carbocycles. The van der Waals surface area contributed by atoms with Crippen LogP contribution < -0.4 is 0 Å². The van der Waals surface area contributed by atoms with E-state index in [1.54, 1.807) is 0 Å². The summed E-state index contributed by atoms with van der Waals surface area (Å²) in [5.41, 5.74) is 5.14.